The number of halogens is 2. The van der Waals surface area contributed by atoms with E-state index < -0.39 is 30.8 Å². The van der Waals surface area contributed by atoms with Crippen molar-refractivity contribution in [2.45, 2.75) is 31.2 Å². The Morgan fingerprint density at radius 1 is 1.13 bits per heavy atom. The molecule has 2 aromatic carbocycles. The van der Waals surface area contributed by atoms with Crippen molar-refractivity contribution < 1.29 is 18.4 Å². The van der Waals surface area contributed by atoms with Crippen molar-refractivity contribution in [2.24, 2.45) is 0 Å². The molecule has 0 unspecified atom stereocenters. The van der Waals surface area contributed by atoms with Gasteiger partial charge in [-0.3, -0.25) is 14.6 Å². The number of rotatable bonds is 5. The van der Waals surface area contributed by atoms with Gasteiger partial charge in [0.2, 0.25) is 5.91 Å². The van der Waals surface area contributed by atoms with E-state index in [1.54, 1.807) is 30.5 Å². The molecule has 1 amide bonds. The molecule has 0 aliphatic carbocycles. The van der Waals surface area contributed by atoms with Gasteiger partial charge in [-0.2, -0.15) is 5.26 Å². The zero-order valence-electron chi connectivity index (χ0n) is 16.6. The van der Waals surface area contributed by atoms with Crippen LogP contribution in [0.1, 0.15) is 29.6 Å². The molecule has 156 valence electrons. The van der Waals surface area contributed by atoms with Crippen LogP contribution in [-0.2, 0) is 4.79 Å². The molecule has 1 aliphatic rings. The average molecular weight is 419 g/mol. The molecule has 4 rings (SSSR count). The topological polar surface area (TPSA) is 74.1 Å². The highest BCUT2D eigenvalue weighted by atomic mass is 19.3. The Labute approximate surface area is 177 Å². The molecule has 5 nitrogen and oxygen atoms in total. The highest BCUT2D eigenvalue weighted by molar-refractivity contribution is 6.03. The van der Waals surface area contributed by atoms with Crippen LogP contribution < -0.4 is 0 Å². The Morgan fingerprint density at radius 2 is 1.90 bits per heavy atom. The number of likely N-dealkylation sites (tertiary alicyclic amines) is 1. The van der Waals surface area contributed by atoms with Crippen molar-refractivity contribution >= 4 is 22.6 Å². The fraction of sp³-hybridized carbons (Fsp3) is 0.250. The zero-order chi connectivity index (χ0) is 22.0. The van der Waals surface area contributed by atoms with Crippen molar-refractivity contribution in [1.29, 1.82) is 5.26 Å². The molecule has 0 spiro atoms. The van der Waals surface area contributed by atoms with Gasteiger partial charge in [-0.25, -0.2) is 8.78 Å². The summed E-state index contributed by atoms with van der Waals surface area (Å²) in [5.74, 6) is -3.94. The zero-order valence-corrected chi connectivity index (χ0v) is 16.6. The predicted octanol–water partition coefficient (Wildman–Crippen LogP) is 4.62. The van der Waals surface area contributed by atoms with Gasteiger partial charge in [-0.15, -0.1) is 0 Å². The first-order valence-corrected chi connectivity index (χ1v) is 9.92. The minimum Gasteiger partial charge on any atom is -0.320 e. The Bertz CT molecular complexity index is 1190. The summed E-state index contributed by atoms with van der Waals surface area (Å²) < 4.78 is 27.1. The van der Waals surface area contributed by atoms with Crippen LogP contribution in [0.2, 0.25) is 0 Å². The summed E-state index contributed by atoms with van der Waals surface area (Å²) in [4.78, 5) is 30.3. The molecule has 0 N–H and O–H groups in total. The lowest BCUT2D eigenvalue weighted by molar-refractivity contribution is -0.132. The Balaban J connectivity index is 1.52. The first kappa shape index (κ1) is 20.6. The number of hydrogen-bond acceptors (Lipinski definition) is 4. The normalized spacial score (nSPS) is 17.5. The second-order valence-corrected chi connectivity index (χ2v) is 7.61. The van der Waals surface area contributed by atoms with Gasteiger partial charge < -0.3 is 4.90 Å². The fourth-order valence-electron chi connectivity index (χ4n) is 3.89. The lowest BCUT2D eigenvalue weighted by Gasteiger charge is -2.18. The van der Waals surface area contributed by atoms with E-state index in [1.165, 1.54) is 0 Å². The fourth-order valence-corrected chi connectivity index (χ4v) is 3.89. The van der Waals surface area contributed by atoms with E-state index in [1.807, 2.05) is 36.4 Å². The molecular weight excluding hydrogens is 400 g/mol. The number of pyridine rings is 1. The SMILES string of the molecule is N#C[C@@H]1CC(F)(F)CN1C(=O)CCC(=O)c1ccc2nccc(-c3ccccc3)c2c1. The third-order valence-corrected chi connectivity index (χ3v) is 5.45. The van der Waals surface area contributed by atoms with E-state index in [2.05, 4.69) is 4.98 Å². The van der Waals surface area contributed by atoms with E-state index in [-0.39, 0.29) is 18.6 Å². The molecule has 1 saturated heterocycles. The Kier molecular flexibility index (Phi) is 5.47. The highest BCUT2D eigenvalue weighted by Gasteiger charge is 2.47. The van der Waals surface area contributed by atoms with E-state index in [4.69, 9.17) is 5.26 Å². The maximum atomic E-state index is 13.6. The van der Waals surface area contributed by atoms with Crippen molar-refractivity contribution in [3.05, 3.63) is 66.4 Å². The largest absolute Gasteiger partial charge is 0.320 e. The van der Waals surface area contributed by atoms with Crippen LogP contribution in [0.4, 0.5) is 8.78 Å². The minimum absolute atomic E-state index is 0.120. The van der Waals surface area contributed by atoms with Gasteiger partial charge in [0.1, 0.15) is 6.04 Å². The van der Waals surface area contributed by atoms with Crippen LogP contribution >= 0.6 is 0 Å². The monoisotopic (exact) mass is 419 g/mol. The number of benzene rings is 2. The molecule has 1 aromatic heterocycles. The Morgan fingerprint density at radius 3 is 2.65 bits per heavy atom. The third-order valence-electron chi connectivity index (χ3n) is 5.45. The van der Waals surface area contributed by atoms with Crippen LogP contribution in [0.15, 0.2) is 60.8 Å². The number of alkyl halides is 2. The average Bonchev–Trinajstić information content (AvgIpc) is 3.11. The number of ketones is 1. The summed E-state index contributed by atoms with van der Waals surface area (Å²) in [6, 6.07) is 17.3. The maximum absolute atomic E-state index is 13.6. The van der Waals surface area contributed by atoms with Gasteiger partial charge in [-0.05, 0) is 35.4 Å². The maximum Gasteiger partial charge on any atom is 0.268 e. The molecule has 1 atom stereocenters. The molecular formula is C24H19F2N3O2. The molecule has 1 fully saturated rings. The Hall–Kier alpha value is -3.66. The summed E-state index contributed by atoms with van der Waals surface area (Å²) in [6.45, 7) is -0.777. The molecule has 0 radical (unpaired) electrons. The van der Waals surface area contributed by atoms with Crippen molar-refractivity contribution in [3.63, 3.8) is 0 Å². The number of amides is 1. The molecule has 31 heavy (non-hydrogen) atoms. The number of carbonyl (C=O) groups is 2. The lowest BCUT2D eigenvalue weighted by Crippen LogP contribution is -2.36. The first-order valence-electron chi connectivity index (χ1n) is 9.92. The number of nitrogens with zero attached hydrogens (tertiary/aromatic N) is 3. The number of carbonyl (C=O) groups excluding carboxylic acids is 2. The molecule has 2 heterocycles. The molecule has 7 heteroatoms. The van der Waals surface area contributed by atoms with Gasteiger partial charge in [0, 0.05) is 36.4 Å². The van der Waals surface area contributed by atoms with E-state index in [9.17, 15) is 18.4 Å². The lowest BCUT2D eigenvalue weighted by atomic mass is 9.98. The van der Waals surface area contributed by atoms with Gasteiger partial charge >= 0.3 is 0 Å². The first-order chi connectivity index (χ1) is 14.9. The number of Topliss-reactive ketones (excluding diaryl/α,β-unsaturated/α-hetero) is 1. The summed E-state index contributed by atoms with van der Waals surface area (Å²) in [5.41, 5.74) is 3.10. The van der Waals surface area contributed by atoms with Crippen LogP contribution in [0.3, 0.4) is 0 Å². The summed E-state index contributed by atoms with van der Waals surface area (Å²) in [7, 11) is 0. The van der Waals surface area contributed by atoms with Crippen LogP contribution in [-0.4, -0.2) is 40.1 Å². The van der Waals surface area contributed by atoms with Crippen LogP contribution in [0.25, 0.3) is 22.0 Å². The molecule has 1 aliphatic heterocycles. The van der Waals surface area contributed by atoms with Gasteiger partial charge in [0.15, 0.2) is 5.78 Å². The predicted molar refractivity (Wildman–Crippen MR) is 111 cm³/mol. The molecule has 0 saturated carbocycles. The quantitative estimate of drug-likeness (QED) is 0.566. The smallest absolute Gasteiger partial charge is 0.268 e. The standard InChI is InChI=1S/C24H19F2N3O2/c25-24(26)13-18(14-27)29(15-24)23(31)9-8-22(30)17-6-7-21-20(12-17)19(10-11-28-21)16-4-2-1-3-5-16/h1-7,10-12,18H,8-9,13,15H2/t18-/m0/s1. The van der Waals surface area contributed by atoms with Crippen LogP contribution in [0, 0.1) is 11.3 Å². The second kappa shape index (κ2) is 8.23. The molecule has 3 aromatic rings. The van der Waals surface area contributed by atoms with Crippen molar-refractivity contribution in [1.82, 2.24) is 9.88 Å². The number of aromatic nitrogens is 1. The van der Waals surface area contributed by atoms with Gasteiger partial charge in [0.05, 0.1) is 18.1 Å². The number of fused-ring (bicyclic) bond motifs is 1. The van der Waals surface area contributed by atoms with E-state index >= 15 is 0 Å². The van der Waals surface area contributed by atoms with E-state index in [0.29, 0.717) is 5.56 Å². The van der Waals surface area contributed by atoms with Crippen LogP contribution in [0.5, 0.6) is 0 Å². The van der Waals surface area contributed by atoms with E-state index in [0.717, 1.165) is 26.9 Å². The number of nitriles is 1. The number of hydrogen-bond donors (Lipinski definition) is 0. The third kappa shape index (κ3) is 4.29. The van der Waals surface area contributed by atoms with Gasteiger partial charge in [0.25, 0.3) is 5.92 Å². The van der Waals surface area contributed by atoms with Gasteiger partial charge in [-0.1, -0.05) is 30.3 Å². The summed E-state index contributed by atoms with van der Waals surface area (Å²) >= 11 is 0. The van der Waals surface area contributed by atoms with Crippen molar-refractivity contribution in [2.75, 3.05) is 6.54 Å². The minimum atomic E-state index is -3.07. The van der Waals surface area contributed by atoms with Crippen molar-refractivity contribution in [3.8, 4) is 17.2 Å². The summed E-state index contributed by atoms with van der Waals surface area (Å²) in [6.07, 6.45) is 0.709. The second-order valence-electron chi connectivity index (χ2n) is 7.61. The molecule has 0 bridgehead atoms. The highest BCUT2D eigenvalue weighted by Crippen LogP contribution is 2.32. The summed E-state index contributed by atoms with van der Waals surface area (Å²) in [5, 5.41) is 9.86.